The molecule has 5 nitrogen and oxygen atoms in total. The lowest BCUT2D eigenvalue weighted by Crippen LogP contribution is -2.48. The quantitative estimate of drug-likeness (QED) is 0.540. The first-order valence-electron chi connectivity index (χ1n) is 10.9. The molecule has 1 aromatic carbocycles. The Morgan fingerprint density at radius 2 is 1.93 bits per heavy atom. The maximum Gasteiger partial charge on any atom is 0.135 e. The Kier molecular flexibility index (Phi) is 5.27. The van der Waals surface area contributed by atoms with Crippen LogP contribution in [0.5, 0.6) is 0 Å². The molecular formula is C24H29N5S. The van der Waals surface area contributed by atoms with Crippen LogP contribution in [0, 0.1) is 5.92 Å². The summed E-state index contributed by atoms with van der Waals surface area (Å²) in [7, 11) is 0. The number of nitrogens with zero attached hydrogens (tertiary/aromatic N) is 4. The van der Waals surface area contributed by atoms with Gasteiger partial charge in [-0.05, 0) is 59.9 Å². The first-order valence-corrected chi connectivity index (χ1v) is 12.3. The number of thioether (sulfide) groups is 1. The summed E-state index contributed by atoms with van der Waals surface area (Å²) in [6.45, 7) is 6.79. The van der Waals surface area contributed by atoms with Crippen LogP contribution < -0.4 is 10.2 Å². The van der Waals surface area contributed by atoms with Gasteiger partial charge in [-0.1, -0.05) is 19.9 Å². The molecule has 1 saturated heterocycles. The SMILES string of the molecule is CSCC1CN(c2ccc(C(C)C)c3cc(Nc4ccnc(C5CC5)n4)ncc23)C1. The predicted molar refractivity (Wildman–Crippen MR) is 127 cm³/mol. The van der Waals surface area contributed by atoms with Gasteiger partial charge in [-0.25, -0.2) is 15.0 Å². The molecule has 0 unspecified atom stereocenters. The van der Waals surface area contributed by atoms with Gasteiger partial charge >= 0.3 is 0 Å². The normalized spacial score (nSPS) is 16.9. The minimum absolute atomic E-state index is 0.456. The highest BCUT2D eigenvalue weighted by atomic mass is 32.2. The number of hydrogen-bond acceptors (Lipinski definition) is 6. The Hall–Kier alpha value is -2.34. The summed E-state index contributed by atoms with van der Waals surface area (Å²) in [6.07, 6.45) is 8.47. The Balaban J connectivity index is 1.46. The first kappa shape index (κ1) is 19.6. The van der Waals surface area contributed by atoms with Gasteiger partial charge in [0, 0.05) is 48.4 Å². The number of rotatable bonds is 7. The fraction of sp³-hybridized carbons (Fsp3) is 0.458. The standard InChI is InChI=1S/C24H29N5S/c1-15(2)18-6-7-21(29-12-16(13-29)14-30-3)20-11-26-23(10-19(18)20)27-22-8-9-25-24(28-22)17-4-5-17/h6-11,15-17H,4-5,12-14H2,1-3H3,(H,25,26,27,28). The average Bonchev–Trinajstić information content (AvgIpc) is 3.55. The van der Waals surface area contributed by atoms with Crippen LogP contribution in [0.1, 0.15) is 49.9 Å². The number of pyridine rings is 1. The number of nitrogens with one attached hydrogen (secondary N) is 1. The van der Waals surface area contributed by atoms with E-state index in [1.807, 2.05) is 30.2 Å². The van der Waals surface area contributed by atoms with Crippen LogP contribution in [0.2, 0.25) is 0 Å². The topological polar surface area (TPSA) is 53.9 Å². The summed E-state index contributed by atoms with van der Waals surface area (Å²) in [4.78, 5) is 16.3. The Bertz CT molecular complexity index is 1060. The zero-order valence-electron chi connectivity index (χ0n) is 17.9. The molecule has 2 fully saturated rings. The molecule has 2 aromatic heterocycles. The van der Waals surface area contributed by atoms with Crippen LogP contribution in [0.15, 0.2) is 36.7 Å². The smallest absolute Gasteiger partial charge is 0.135 e. The minimum atomic E-state index is 0.456. The largest absolute Gasteiger partial charge is 0.370 e. The van der Waals surface area contributed by atoms with Crippen LogP contribution in [0.25, 0.3) is 10.8 Å². The molecule has 30 heavy (non-hydrogen) atoms. The summed E-state index contributed by atoms with van der Waals surface area (Å²) in [5.41, 5.74) is 2.67. The van der Waals surface area contributed by atoms with Crippen molar-refractivity contribution in [3.63, 3.8) is 0 Å². The Labute approximate surface area is 182 Å². The minimum Gasteiger partial charge on any atom is -0.370 e. The van der Waals surface area contributed by atoms with E-state index >= 15 is 0 Å². The van der Waals surface area contributed by atoms with Crippen molar-refractivity contribution in [1.29, 1.82) is 0 Å². The third-order valence-electron chi connectivity index (χ3n) is 6.11. The molecule has 1 saturated carbocycles. The second-order valence-electron chi connectivity index (χ2n) is 8.87. The van der Waals surface area contributed by atoms with Gasteiger partial charge in [0.1, 0.15) is 17.5 Å². The van der Waals surface area contributed by atoms with Crippen LogP contribution >= 0.6 is 11.8 Å². The molecule has 0 bridgehead atoms. The third-order valence-corrected chi connectivity index (χ3v) is 6.91. The van der Waals surface area contributed by atoms with Crippen molar-refractivity contribution in [2.45, 2.75) is 38.5 Å². The maximum absolute atomic E-state index is 4.75. The number of anilines is 3. The summed E-state index contributed by atoms with van der Waals surface area (Å²) >= 11 is 1.94. The first-order chi connectivity index (χ1) is 14.6. The summed E-state index contributed by atoms with van der Waals surface area (Å²) in [6, 6.07) is 8.69. The van der Waals surface area contributed by atoms with Crippen LogP contribution in [0.4, 0.5) is 17.3 Å². The molecule has 0 spiro atoms. The highest BCUT2D eigenvalue weighted by Gasteiger charge is 2.28. The molecule has 1 N–H and O–H groups in total. The van der Waals surface area contributed by atoms with Crippen molar-refractivity contribution in [2.24, 2.45) is 5.92 Å². The summed E-state index contributed by atoms with van der Waals surface area (Å²) < 4.78 is 0. The lowest BCUT2D eigenvalue weighted by Gasteiger charge is -2.41. The molecular weight excluding hydrogens is 390 g/mol. The van der Waals surface area contributed by atoms with E-state index in [4.69, 9.17) is 4.98 Å². The van der Waals surface area contributed by atoms with Crippen LogP contribution in [-0.2, 0) is 0 Å². The van der Waals surface area contributed by atoms with Crippen LogP contribution in [-0.4, -0.2) is 40.1 Å². The molecule has 3 heterocycles. The molecule has 3 aromatic rings. The van der Waals surface area contributed by atoms with Gasteiger partial charge in [-0.3, -0.25) is 0 Å². The second kappa shape index (κ2) is 8.06. The number of hydrogen-bond donors (Lipinski definition) is 1. The van der Waals surface area contributed by atoms with Gasteiger partial charge in [0.05, 0.1) is 0 Å². The number of fused-ring (bicyclic) bond motifs is 1. The molecule has 2 aliphatic rings. The lowest BCUT2D eigenvalue weighted by molar-refractivity contribution is 0.456. The van der Waals surface area contributed by atoms with Gasteiger partial charge in [0.25, 0.3) is 0 Å². The fourth-order valence-electron chi connectivity index (χ4n) is 4.31. The molecule has 1 aliphatic heterocycles. The van der Waals surface area contributed by atoms with E-state index in [-0.39, 0.29) is 0 Å². The van der Waals surface area contributed by atoms with Crippen LogP contribution in [0.3, 0.4) is 0 Å². The van der Waals surface area contributed by atoms with E-state index in [1.165, 1.54) is 40.6 Å². The summed E-state index contributed by atoms with van der Waals surface area (Å²) in [5, 5.41) is 5.94. The van der Waals surface area contributed by atoms with Crippen molar-refractivity contribution >= 4 is 39.9 Å². The number of benzene rings is 1. The Morgan fingerprint density at radius 3 is 2.67 bits per heavy atom. The zero-order valence-corrected chi connectivity index (χ0v) is 18.7. The second-order valence-corrected chi connectivity index (χ2v) is 9.78. The van der Waals surface area contributed by atoms with Crippen molar-refractivity contribution in [1.82, 2.24) is 15.0 Å². The highest BCUT2D eigenvalue weighted by Crippen LogP contribution is 2.39. The van der Waals surface area contributed by atoms with Crippen molar-refractivity contribution in [3.05, 3.63) is 48.0 Å². The zero-order chi connectivity index (χ0) is 20.7. The summed E-state index contributed by atoms with van der Waals surface area (Å²) in [5.74, 6) is 5.65. The fourth-order valence-corrected chi connectivity index (χ4v) is 5.00. The Morgan fingerprint density at radius 1 is 1.10 bits per heavy atom. The van der Waals surface area contributed by atoms with E-state index in [2.05, 4.69) is 58.5 Å². The van der Waals surface area contributed by atoms with Crippen molar-refractivity contribution in [3.8, 4) is 0 Å². The molecule has 1 aliphatic carbocycles. The van der Waals surface area contributed by atoms with Gasteiger partial charge in [-0.2, -0.15) is 11.8 Å². The molecule has 6 heteroatoms. The third kappa shape index (κ3) is 3.85. The molecule has 156 valence electrons. The molecule has 0 radical (unpaired) electrons. The van der Waals surface area contributed by atoms with E-state index in [9.17, 15) is 0 Å². The average molecular weight is 420 g/mol. The molecule has 0 atom stereocenters. The number of aromatic nitrogens is 3. The monoisotopic (exact) mass is 419 g/mol. The maximum atomic E-state index is 4.75. The molecule has 0 amide bonds. The van der Waals surface area contributed by atoms with Gasteiger partial charge in [0.15, 0.2) is 0 Å². The van der Waals surface area contributed by atoms with Crippen molar-refractivity contribution in [2.75, 3.05) is 35.3 Å². The van der Waals surface area contributed by atoms with E-state index < -0.39 is 0 Å². The van der Waals surface area contributed by atoms with Crippen molar-refractivity contribution < 1.29 is 0 Å². The lowest BCUT2D eigenvalue weighted by atomic mass is 9.93. The highest BCUT2D eigenvalue weighted by molar-refractivity contribution is 7.98. The van der Waals surface area contributed by atoms with E-state index in [1.54, 1.807) is 0 Å². The van der Waals surface area contributed by atoms with E-state index in [0.717, 1.165) is 36.5 Å². The predicted octanol–water partition coefficient (Wildman–Crippen LogP) is 5.57. The van der Waals surface area contributed by atoms with E-state index in [0.29, 0.717) is 11.8 Å². The molecule has 5 rings (SSSR count). The van der Waals surface area contributed by atoms with Gasteiger partial charge < -0.3 is 10.2 Å². The van der Waals surface area contributed by atoms with Gasteiger partial charge in [-0.15, -0.1) is 0 Å². The van der Waals surface area contributed by atoms with Gasteiger partial charge in [0.2, 0.25) is 0 Å².